The van der Waals surface area contributed by atoms with Gasteiger partial charge in [-0.25, -0.2) is 0 Å². The highest BCUT2D eigenvalue weighted by Gasteiger charge is 2.17. The molecule has 0 N–H and O–H groups in total. The van der Waals surface area contributed by atoms with Crippen molar-refractivity contribution in [1.82, 2.24) is 0 Å². The van der Waals surface area contributed by atoms with E-state index in [4.69, 9.17) is 4.52 Å². The van der Waals surface area contributed by atoms with Gasteiger partial charge in [-0.1, -0.05) is 168 Å². The minimum Gasteiger partial charge on any atom is -0.825 e. The fourth-order valence-electron chi connectivity index (χ4n) is 5.59. The maximum Gasteiger partial charge on any atom is 0.139 e. The Kier molecular flexibility index (Phi) is 30.5. The number of likely N-dealkylation sites (N-methyl/N-ethyl adjacent to an activating group) is 1. The third-order valence-corrected chi connectivity index (χ3v) is 9.37. The van der Waals surface area contributed by atoms with Crippen molar-refractivity contribution < 1.29 is 18.9 Å². The molecule has 4 nitrogen and oxygen atoms in total. The molecule has 0 spiro atoms. The predicted octanol–water partition coefficient (Wildman–Crippen LogP) is 10.8. The maximum absolute atomic E-state index is 13.1. The van der Waals surface area contributed by atoms with E-state index in [0.717, 1.165) is 36.7 Å². The summed E-state index contributed by atoms with van der Waals surface area (Å²) in [6.07, 6.45) is 33.8. The molecule has 42 heavy (non-hydrogen) atoms. The van der Waals surface area contributed by atoms with Gasteiger partial charge in [0.05, 0.1) is 21.1 Å². The van der Waals surface area contributed by atoms with Crippen molar-refractivity contribution in [3.8, 4) is 0 Å². The van der Waals surface area contributed by atoms with Crippen LogP contribution in [0.2, 0.25) is 0 Å². The molecule has 0 saturated heterocycles. The summed E-state index contributed by atoms with van der Waals surface area (Å²) in [4.78, 5) is 13.1. The van der Waals surface area contributed by atoms with Gasteiger partial charge in [0.2, 0.25) is 0 Å². The van der Waals surface area contributed by atoms with Crippen LogP contribution in [0.15, 0.2) is 0 Å². The number of unbranched alkanes of at least 4 members (excludes halogenated alkanes) is 23. The Bertz CT molecular complexity index is 617. The molecular formula is C37H74NO3P. The number of Topliss-reactive ketones (excluding diaryl/α,β-unsaturated/α-hetero) is 1. The summed E-state index contributed by atoms with van der Waals surface area (Å²) in [6.45, 7) is 5.96. The predicted molar refractivity (Wildman–Crippen MR) is 185 cm³/mol. The van der Waals surface area contributed by atoms with E-state index < -0.39 is 5.92 Å². The molecule has 0 saturated carbocycles. The number of hydrogen-bond donors (Lipinski definition) is 0. The summed E-state index contributed by atoms with van der Waals surface area (Å²) in [7, 11) is 6.74. The second-order valence-corrected chi connectivity index (χ2v) is 14.8. The van der Waals surface area contributed by atoms with Crippen molar-refractivity contribution in [1.29, 1.82) is 0 Å². The zero-order valence-corrected chi connectivity index (χ0v) is 30.1. The molecule has 1 atom stereocenters. The lowest BCUT2D eigenvalue weighted by Gasteiger charge is -2.25. The molecule has 1 unspecified atom stereocenters. The van der Waals surface area contributed by atoms with Crippen LogP contribution < -0.4 is 5.11 Å². The molecule has 0 aromatic carbocycles. The monoisotopic (exact) mass is 612 g/mol. The van der Waals surface area contributed by atoms with Crippen LogP contribution in [-0.4, -0.2) is 50.0 Å². The van der Waals surface area contributed by atoms with Crippen molar-refractivity contribution in [2.75, 3.05) is 34.3 Å². The van der Waals surface area contributed by atoms with Gasteiger partial charge in [0.1, 0.15) is 18.9 Å². The Morgan fingerprint density at radius 2 is 0.952 bits per heavy atom. The number of hydrogen-bond acceptors (Lipinski definition) is 3. The molecule has 0 fully saturated rings. The average Bonchev–Trinajstić information content (AvgIpc) is 2.95. The number of carbonyl (C=O) groups excluding carboxylic acids is 1. The summed E-state index contributed by atoms with van der Waals surface area (Å²) in [5.41, 5.74) is -0.0147. The third-order valence-electron chi connectivity index (χ3n) is 8.57. The average molecular weight is 612 g/mol. The molecule has 0 aliphatic rings. The first kappa shape index (κ1) is 41.7. The fraction of sp³-hybridized carbons (Fsp3) is 0.946. The molecule has 0 rings (SSSR count). The molecule has 0 bridgehead atoms. The van der Waals surface area contributed by atoms with Crippen LogP contribution in [0.1, 0.15) is 187 Å². The summed E-state index contributed by atoms with van der Waals surface area (Å²) >= 11 is 0. The topological polar surface area (TPSA) is 49.4 Å². The first-order valence-corrected chi connectivity index (χ1v) is 19.3. The maximum atomic E-state index is 13.1. The normalized spacial score (nSPS) is 13.1. The van der Waals surface area contributed by atoms with E-state index in [9.17, 15) is 9.90 Å². The van der Waals surface area contributed by atoms with Crippen LogP contribution in [0.4, 0.5) is 0 Å². The number of carbonyl (C=O) groups is 1. The van der Waals surface area contributed by atoms with Crippen LogP contribution in [0.5, 0.6) is 0 Å². The summed E-state index contributed by atoms with van der Waals surface area (Å²) < 4.78 is 6.50. The molecule has 0 aromatic heterocycles. The van der Waals surface area contributed by atoms with Crippen molar-refractivity contribution in [3.05, 3.63) is 0 Å². The van der Waals surface area contributed by atoms with Gasteiger partial charge >= 0.3 is 0 Å². The fourth-order valence-corrected chi connectivity index (χ4v) is 6.29. The quantitative estimate of drug-likeness (QED) is 0.0421. The van der Waals surface area contributed by atoms with Crippen LogP contribution in [0.3, 0.4) is 0 Å². The largest absolute Gasteiger partial charge is 0.825 e. The van der Waals surface area contributed by atoms with E-state index in [2.05, 4.69) is 35.0 Å². The number of rotatable bonds is 33. The Hall–Kier alpha value is -0.280. The molecule has 0 radical (unpaired) electrons. The van der Waals surface area contributed by atoms with Crippen LogP contribution in [0, 0.1) is 5.92 Å². The van der Waals surface area contributed by atoms with Gasteiger partial charge in [0.25, 0.3) is 0 Å². The number of nitrogens with zero attached hydrogens (tertiary/aromatic N) is 1. The molecule has 0 aromatic rings. The van der Waals surface area contributed by atoms with Gasteiger partial charge in [-0.15, -0.1) is 5.48 Å². The third kappa shape index (κ3) is 29.8. The van der Waals surface area contributed by atoms with Gasteiger partial charge in [-0.05, 0) is 12.8 Å². The van der Waals surface area contributed by atoms with E-state index >= 15 is 0 Å². The molecule has 5 heteroatoms. The van der Waals surface area contributed by atoms with E-state index in [-0.39, 0.29) is 11.3 Å². The minimum absolute atomic E-state index is 0.0147. The van der Waals surface area contributed by atoms with Crippen LogP contribution >= 0.6 is 8.43 Å². The molecule has 250 valence electrons. The van der Waals surface area contributed by atoms with Crippen molar-refractivity contribution >= 4 is 19.7 Å². The van der Waals surface area contributed by atoms with Crippen molar-refractivity contribution in [2.45, 2.75) is 187 Å². The summed E-state index contributed by atoms with van der Waals surface area (Å²) in [5.74, 6) is -0.301. The highest BCUT2D eigenvalue weighted by atomic mass is 31.1. The van der Waals surface area contributed by atoms with Crippen LogP contribution in [0.25, 0.3) is 0 Å². The van der Waals surface area contributed by atoms with Gasteiger partial charge in [-0.2, -0.15) is 0 Å². The number of ketones is 1. The highest BCUT2D eigenvalue weighted by molar-refractivity contribution is 7.34. The zero-order valence-electron chi connectivity index (χ0n) is 29.2. The standard InChI is InChI=1S/C37H74NO3P/c1-6-8-10-12-14-16-18-19-20-22-23-25-27-29-31-35(37(40)42-41-34-33-38(3,4)5)36(39)32-30-28-26-24-21-17-15-13-11-9-7-2/h35H,6-34H2,1-5H3. The van der Waals surface area contributed by atoms with Crippen LogP contribution in [-0.2, 0) is 9.32 Å². The van der Waals surface area contributed by atoms with Crippen molar-refractivity contribution in [3.63, 3.8) is 0 Å². The van der Waals surface area contributed by atoms with Gasteiger partial charge in [0, 0.05) is 20.8 Å². The Labute approximate surface area is 265 Å². The second kappa shape index (κ2) is 30.7. The van der Waals surface area contributed by atoms with E-state index in [0.29, 0.717) is 27.9 Å². The number of quaternary nitrogens is 1. The Morgan fingerprint density at radius 3 is 1.33 bits per heavy atom. The van der Waals surface area contributed by atoms with Gasteiger partial charge in [0.15, 0.2) is 0 Å². The molecule has 0 amide bonds. The summed E-state index contributed by atoms with van der Waals surface area (Å²) in [5, 5.41) is 13.0. The zero-order chi connectivity index (χ0) is 31.2. The lowest BCUT2D eigenvalue weighted by molar-refractivity contribution is -0.870. The minimum atomic E-state index is -0.462. The molecular weight excluding hydrogens is 537 g/mol. The SMILES string of the molecule is CCCCCCCCCCCCCCCCC(C(=O)CCCCCCCCCCCCC)C([O-])=POCC[N+](C)(C)C. The molecule has 0 aliphatic carbocycles. The highest BCUT2D eigenvalue weighted by Crippen LogP contribution is 2.21. The molecule has 0 heterocycles. The Morgan fingerprint density at radius 1 is 0.595 bits per heavy atom. The van der Waals surface area contributed by atoms with Crippen molar-refractivity contribution in [2.24, 2.45) is 5.92 Å². The van der Waals surface area contributed by atoms with E-state index in [1.165, 1.54) is 135 Å². The van der Waals surface area contributed by atoms with Gasteiger partial charge in [-0.3, -0.25) is 4.79 Å². The Balaban J connectivity index is 4.23. The van der Waals surface area contributed by atoms with E-state index in [1.54, 1.807) is 0 Å². The first-order chi connectivity index (χ1) is 20.3. The summed E-state index contributed by atoms with van der Waals surface area (Å²) in [6, 6.07) is 0. The second-order valence-electron chi connectivity index (χ2n) is 14.0. The lowest BCUT2D eigenvalue weighted by atomic mass is 9.93. The smallest absolute Gasteiger partial charge is 0.139 e. The van der Waals surface area contributed by atoms with E-state index in [1.807, 2.05) is 0 Å². The molecule has 0 aliphatic heterocycles. The lowest BCUT2D eigenvalue weighted by Crippen LogP contribution is -2.37. The van der Waals surface area contributed by atoms with Gasteiger partial charge < -0.3 is 14.1 Å². The first-order valence-electron chi connectivity index (χ1n) is 18.5.